The molecule has 0 radical (unpaired) electrons. The van der Waals surface area contributed by atoms with Crippen LogP contribution >= 0.6 is 27.3 Å². The molecule has 22 heavy (non-hydrogen) atoms. The van der Waals surface area contributed by atoms with Gasteiger partial charge in [-0.3, -0.25) is 5.41 Å². The van der Waals surface area contributed by atoms with Crippen molar-refractivity contribution in [2.75, 3.05) is 0 Å². The third-order valence-electron chi connectivity index (χ3n) is 3.42. The van der Waals surface area contributed by atoms with Crippen molar-refractivity contribution in [3.8, 4) is 0 Å². The fraction of sp³-hybridized carbons (Fsp3) is 0.308. The van der Waals surface area contributed by atoms with Gasteiger partial charge in [-0.05, 0) is 28.9 Å². The van der Waals surface area contributed by atoms with Crippen molar-refractivity contribution in [2.45, 2.75) is 25.1 Å². The van der Waals surface area contributed by atoms with E-state index in [4.69, 9.17) is 5.41 Å². The lowest BCUT2D eigenvalue weighted by molar-refractivity contribution is -0.145. The molecule has 0 saturated carbocycles. The number of nitrogens with one attached hydrogen (secondary N) is 2. The Morgan fingerprint density at radius 1 is 1.45 bits per heavy atom. The van der Waals surface area contributed by atoms with Gasteiger partial charge in [0.2, 0.25) is 5.82 Å². The number of aromatic nitrogens is 2. The number of thiophene rings is 1. The van der Waals surface area contributed by atoms with Crippen molar-refractivity contribution in [2.24, 2.45) is 0 Å². The molecule has 0 aromatic carbocycles. The van der Waals surface area contributed by atoms with E-state index in [1.165, 1.54) is 11.3 Å². The Balaban J connectivity index is 2.05. The minimum atomic E-state index is -4.59. The Morgan fingerprint density at radius 2 is 2.18 bits per heavy atom. The van der Waals surface area contributed by atoms with E-state index in [0.29, 0.717) is 5.56 Å². The molecule has 0 spiro atoms. The number of halogens is 4. The highest BCUT2D eigenvalue weighted by Crippen LogP contribution is 2.36. The summed E-state index contributed by atoms with van der Waals surface area (Å²) >= 11 is 4.83. The lowest BCUT2D eigenvalue weighted by atomic mass is 9.88. The molecule has 1 aliphatic heterocycles. The Bertz CT molecular complexity index is 758. The van der Waals surface area contributed by atoms with Gasteiger partial charge in [-0.2, -0.15) is 13.2 Å². The third kappa shape index (κ3) is 2.63. The van der Waals surface area contributed by atoms with Crippen LogP contribution in [-0.2, 0) is 18.1 Å². The van der Waals surface area contributed by atoms with Crippen LogP contribution in [0.15, 0.2) is 22.1 Å². The van der Waals surface area contributed by atoms with Gasteiger partial charge in [-0.25, -0.2) is 9.97 Å². The quantitative estimate of drug-likeness (QED) is 0.779. The van der Waals surface area contributed by atoms with Crippen molar-refractivity contribution in [3.05, 3.63) is 44.1 Å². The average Bonchev–Trinajstić information content (AvgIpc) is 2.84. The maximum atomic E-state index is 12.8. The zero-order valence-electron chi connectivity index (χ0n) is 11.3. The maximum absolute atomic E-state index is 12.8. The van der Waals surface area contributed by atoms with E-state index in [1.54, 1.807) is 0 Å². The second-order valence-electron chi connectivity index (χ2n) is 5.19. The molecule has 2 aromatic rings. The molecule has 0 bridgehead atoms. The molecule has 1 atom stereocenters. The van der Waals surface area contributed by atoms with Gasteiger partial charge in [0.1, 0.15) is 5.84 Å². The summed E-state index contributed by atoms with van der Waals surface area (Å²) in [5.41, 5.74) is -0.128. The largest absolute Gasteiger partial charge is 0.451 e. The number of fused-ring (bicyclic) bond motifs is 1. The van der Waals surface area contributed by atoms with Crippen LogP contribution in [0.25, 0.3) is 0 Å². The van der Waals surface area contributed by atoms with Crippen molar-refractivity contribution >= 4 is 33.1 Å². The van der Waals surface area contributed by atoms with Gasteiger partial charge in [0, 0.05) is 27.3 Å². The predicted octanol–water partition coefficient (Wildman–Crippen LogP) is 3.71. The predicted molar refractivity (Wildman–Crippen MR) is 80.1 cm³/mol. The molecule has 0 fully saturated rings. The summed E-state index contributed by atoms with van der Waals surface area (Å²) in [6.45, 7) is 1.85. The van der Waals surface area contributed by atoms with Crippen LogP contribution in [0.2, 0.25) is 0 Å². The van der Waals surface area contributed by atoms with Gasteiger partial charge in [0.05, 0.1) is 16.8 Å². The normalized spacial score (nSPS) is 21.4. The van der Waals surface area contributed by atoms with E-state index in [9.17, 15) is 13.2 Å². The van der Waals surface area contributed by atoms with Crippen molar-refractivity contribution in [3.63, 3.8) is 0 Å². The number of hydrogen-bond donors (Lipinski definition) is 2. The van der Waals surface area contributed by atoms with Crippen LogP contribution < -0.4 is 5.32 Å². The van der Waals surface area contributed by atoms with Crippen molar-refractivity contribution < 1.29 is 13.2 Å². The Labute approximate surface area is 136 Å². The highest BCUT2D eigenvalue weighted by atomic mass is 79.9. The van der Waals surface area contributed by atoms with Crippen LogP contribution in [0, 0.1) is 5.41 Å². The molecule has 0 unspecified atom stereocenters. The van der Waals surface area contributed by atoms with Crippen LogP contribution in [-0.4, -0.2) is 15.8 Å². The molecule has 3 rings (SSSR count). The van der Waals surface area contributed by atoms with E-state index in [2.05, 4.69) is 31.2 Å². The van der Waals surface area contributed by atoms with Gasteiger partial charge < -0.3 is 5.32 Å². The van der Waals surface area contributed by atoms with Gasteiger partial charge in [-0.15, -0.1) is 11.3 Å². The number of alkyl halides is 3. The Hall–Kier alpha value is -1.48. The molecule has 1 aliphatic rings. The van der Waals surface area contributed by atoms with E-state index in [1.807, 2.05) is 18.4 Å². The lowest BCUT2D eigenvalue weighted by Crippen LogP contribution is -2.49. The van der Waals surface area contributed by atoms with Gasteiger partial charge >= 0.3 is 6.18 Å². The SMILES string of the molecule is C[C@@]1(c2cc(Br)cs2)Cc2nc(C(F)(F)F)ncc2C(=N)N1. The molecule has 2 aromatic heterocycles. The number of nitrogens with zero attached hydrogens (tertiary/aromatic N) is 2. The number of amidine groups is 1. The number of rotatable bonds is 1. The van der Waals surface area contributed by atoms with Crippen LogP contribution in [0.1, 0.15) is 28.9 Å². The molecule has 116 valence electrons. The molecular weight excluding hydrogens is 381 g/mol. The van der Waals surface area contributed by atoms with Crippen LogP contribution in [0.3, 0.4) is 0 Å². The number of hydrogen-bond acceptors (Lipinski definition) is 4. The standard InChI is InChI=1S/C13H10BrF3N4S/c1-12(9-2-6(14)5-22-9)3-8-7(10(18)21-12)4-19-11(20-8)13(15,16)17/h2,4-5H,3H2,1H3,(H2,18,21)/t12-/m0/s1. The smallest absolute Gasteiger partial charge is 0.359 e. The third-order valence-corrected chi connectivity index (χ3v) is 5.38. The van der Waals surface area contributed by atoms with Crippen LogP contribution in [0.4, 0.5) is 13.2 Å². The van der Waals surface area contributed by atoms with E-state index >= 15 is 0 Å². The molecule has 3 heterocycles. The second-order valence-corrected chi connectivity index (χ2v) is 7.02. The maximum Gasteiger partial charge on any atom is 0.451 e. The molecule has 0 amide bonds. The summed E-state index contributed by atoms with van der Waals surface area (Å²) in [6.07, 6.45) is -3.28. The molecule has 0 aliphatic carbocycles. The topological polar surface area (TPSA) is 61.7 Å². The summed E-state index contributed by atoms with van der Waals surface area (Å²) in [6, 6.07) is 1.89. The first-order valence-electron chi connectivity index (χ1n) is 6.24. The fourth-order valence-corrected chi connectivity index (χ4v) is 3.92. The second kappa shape index (κ2) is 5.02. The average molecular weight is 391 g/mol. The molecule has 4 nitrogen and oxygen atoms in total. The summed E-state index contributed by atoms with van der Waals surface area (Å²) in [4.78, 5) is 7.87. The Kier molecular flexibility index (Phi) is 3.52. The first-order valence-corrected chi connectivity index (χ1v) is 7.91. The summed E-state index contributed by atoms with van der Waals surface area (Å²) in [5, 5.41) is 13.0. The van der Waals surface area contributed by atoms with Crippen molar-refractivity contribution in [1.29, 1.82) is 5.41 Å². The van der Waals surface area contributed by atoms with Crippen molar-refractivity contribution in [1.82, 2.24) is 15.3 Å². The van der Waals surface area contributed by atoms with E-state index in [0.717, 1.165) is 15.5 Å². The summed E-state index contributed by atoms with van der Waals surface area (Å²) in [7, 11) is 0. The lowest BCUT2D eigenvalue weighted by Gasteiger charge is -2.35. The molecular formula is C13H10BrF3N4S. The molecule has 2 N–H and O–H groups in total. The first-order chi connectivity index (χ1) is 10.2. The molecule has 0 saturated heterocycles. The van der Waals surface area contributed by atoms with E-state index < -0.39 is 17.5 Å². The minimum absolute atomic E-state index is 0.0296. The highest BCUT2D eigenvalue weighted by molar-refractivity contribution is 9.10. The first kappa shape index (κ1) is 15.4. The van der Waals surface area contributed by atoms with Gasteiger partial charge in [0.15, 0.2) is 0 Å². The van der Waals surface area contributed by atoms with Gasteiger partial charge in [0.25, 0.3) is 0 Å². The van der Waals surface area contributed by atoms with E-state index in [-0.39, 0.29) is 18.0 Å². The highest BCUT2D eigenvalue weighted by Gasteiger charge is 2.39. The van der Waals surface area contributed by atoms with Crippen LogP contribution in [0.5, 0.6) is 0 Å². The van der Waals surface area contributed by atoms with Gasteiger partial charge in [-0.1, -0.05) is 0 Å². The zero-order valence-corrected chi connectivity index (χ0v) is 13.7. The minimum Gasteiger partial charge on any atom is -0.359 e. The Morgan fingerprint density at radius 3 is 2.77 bits per heavy atom. The monoisotopic (exact) mass is 390 g/mol. The zero-order chi connectivity index (χ0) is 16.1. The summed E-state index contributed by atoms with van der Waals surface area (Å²) in [5.74, 6) is -1.14. The fourth-order valence-electron chi connectivity index (χ4n) is 2.37. The molecule has 9 heteroatoms. The summed E-state index contributed by atoms with van der Waals surface area (Å²) < 4.78 is 39.2.